The first kappa shape index (κ1) is 17.5. The first-order valence-electron chi connectivity index (χ1n) is 7.46. The number of pyridine rings is 1. The van der Waals surface area contributed by atoms with E-state index in [0.29, 0.717) is 0 Å². The van der Waals surface area contributed by atoms with Crippen molar-refractivity contribution in [2.75, 3.05) is 0 Å². The van der Waals surface area contributed by atoms with Gasteiger partial charge < -0.3 is 0 Å². The van der Waals surface area contributed by atoms with Crippen molar-refractivity contribution in [3.8, 4) is 22.4 Å². The van der Waals surface area contributed by atoms with Crippen LogP contribution in [0.4, 0.5) is 0 Å². The van der Waals surface area contributed by atoms with E-state index in [2.05, 4.69) is 65.6 Å². The minimum Gasteiger partial charge on any atom is -0.257 e. The standard InChI is InChI=1S/C20H14N.2ClH.Zr/c1-2-7-15(8-3-1)17-13-16-9-6-10-18(19(16)14-17)20-11-4-5-12-21-20;;;/h1-14H;2*1H;/q-1;;;+2/p-2. The van der Waals surface area contributed by atoms with Gasteiger partial charge in [-0.05, 0) is 17.7 Å². The third-order valence-electron chi connectivity index (χ3n) is 3.80. The fraction of sp³-hybridized carbons (Fsp3) is 0. The summed E-state index contributed by atoms with van der Waals surface area (Å²) in [5.41, 5.74) is 4.72. The Morgan fingerprint density at radius 1 is 0.833 bits per heavy atom. The van der Waals surface area contributed by atoms with Crippen molar-refractivity contribution in [1.29, 1.82) is 0 Å². The third kappa shape index (κ3) is 4.00. The second kappa shape index (κ2) is 8.67. The molecule has 1 aromatic heterocycles. The molecule has 0 spiro atoms. The largest absolute Gasteiger partial charge is 0.257 e. The first-order chi connectivity index (χ1) is 11.8. The number of nitrogens with zero attached hydrogens (tertiary/aromatic N) is 1. The first-order valence-corrected chi connectivity index (χ1v) is 13.8. The molecule has 0 fully saturated rings. The molecule has 0 N–H and O–H groups in total. The zero-order valence-electron chi connectivity index (χ0n) is 12.8. The molecule has 0 saturated heterocycles. The molecule has 1 nitrogen and oxygen atoms in total. The molecule has 24 heavy (non-hydrogen) atoms. The Kier molecular flexibility index (Phi) is 6.32. The molecule has 0 aliphatic rings. The summed E-state index contributed by atoms with van der Waals surface area (Å²) in [6, 6.07) is 27.4. The molecule has 3 aromatic carbocycles. The molecule has 0 unspecified atom stereocenters. The third-order valence-corrected chi connectivity index (χ3v) is 3.80. The van der Waals surface area contributed by atoms with E-state index < -0.39 is 20.8 Å². The molecule has 0 atom stereocenters. The van der Waals surface area contributed by atoms with Gasteiger partial charge in [0.1, 0.15) is 0 Å². The summed E-state index contributed by atoms with van der Waals surface area (Å²) >= 11 is -0.826. The summed E-state index contributed by atoms with van der Waals surface area (Å²) in [6.07, 6.45) is 1.84. The van der Waals surface area contributed by atoms with E-state index >= 15 is 0 Å². The van der Waals surface area contributed by atoms with Crippen molar-refractivity contribution >= 4 is 27.8 Å². The van der Waals surface area contributed by atoms with Gasteiger partial charge in [-0.3, -0.25) is 4.98 Å². The molecule has 0 saturated carbocycles. The number of halogens is 2. The number of hydrogen-bond acceptors (Lipinski definition) is 1. The van der Waals surface area contributed by atoms with Crippen LogP contribution in [0.2, 0.25) is 0 Å². The van der Waals surface area contributed by atoms with Gasteiger partial charge in [0.25, 0.3) is 0 Å². The van der Waals surface area contributed by atoms with Crippen LogP contribution in [0, 0.1) is 0 Å². The summed E-state index contributed by atoms with van der Waals surface area (Å²) in [7, 11) is 9.87. The van der Waals surface area contributed by atoms with Gasteiger partial charge in [-0.25, -0.2) is 0 Å². The summed E-state index contributed by atoms with van der Waals surface area (Å²) in [5, 5.41) is 2.52. The van der Waals surface area contributed by atoms with Crippen molar-refractivity contribution < 1.29 is 20.8 Å². The van der Waals surface area contributed by atoms with E-state index in [0.717, 1.165) is 5.69 Å². The van der Waals surface area contributed by atoms with Crippen LogP contribution in [0.15, 0.2) is 85.1 Å². The summed E-state index contributed by atoms with van der Waals surface area (Å²) in [4.78, 5) is 4.48. The molecule has 1 heterocycles. The average Bonchev–Trinajstić information content (AvgIpc) is 3.08. The van der Waals surface area contributed by atoms with Crippen LogP contribution in [0.5, 0.6) is 0 Å². The summed E-state index contributed by atoms with van der Waals surface area (Å²) < 4.78 is 0. The van der Waals surface area contributed by atoms with Gasteiger partial charge in [0.2, 0.25) is 0 Å². The summed E-state index contributed by atoms with van der Waals surface area (Å²) in [5.74, 6) is 0. The average molecular weight is 430 g/mol. The second-order valence-corrected chi connectivity index (χ2v) is 8.94. The van der Waals surface area contributed by atoms with E-state index in [-0.39, 0.29) is 0 Å². The molecule has 118 valence electrons. The fourth-order valence-electron chi connectivity index (χ4n) is 2.78. The van der Waals surface area contributed by atoms with Crippen LogP contribution < -0.4 is 0 Å². The number of benzene rings is 2. The maximum Gasteiger partial charge on any atom is 0.0627 e. The van der Waals surface area contributed by atoms with E-state index in [9.17, 15) is 0 Å². The van der Waals surface area contributed by atoms with Crippen LogP contribution in [0.1, 0.15) is 0 Å². The van der Waals surface area contributed by atoms with E-state index in [1.807, 2.05) is 24.4 Å². The molecule has 0 amide bonds. The van der Waals surface area contributed by atoms with Crippen LogP contribution in [-0.4, -0.2) is 4.98 Å². The van der Waals surface area contributed by atoms with Gasteiger partial charge in [-0.1, -0.05) is 54.1 Å². The monoisotopic (exact) mass is 428 g/mol. The normalized spacial score (nSPS) is 10.1. The quantitative estimate of drug-likeness (QED) is 0.324. The van der Waals surface area contributed by atoms with Gasteiger partial charge in [-0.15, -0.1) is 34.5 Å². The van der Waals surface area contributed by atoms with Gasteiger partial charge in [0.15, 0.2) is 0 Å². The zero-order chi connectivity index (χ0) is 16.8. The SMILES string of the molecule is [Cl][Zr][Cl].c1ccc(-c2cc3c(-c4ccccn4)cccc3[cH-]2)cc1. The Bertz CT molecular complexity index is 905. The summed E-state index contributed by atoms with van der Waals surface area (Å²) in [6.45, 7) is 0. The van der Waals surface area contributed by atoms with Gasteiger partial charge in [0, 0.05) is 6.20 Å². The van der Waals surface area contributed by atoms with Gasteiger partial charge in [0.05, 0.1) is 5.69 Å². The van der Waals surface area contributed by atoms with Crippen LogP contribution in [0.25, 0.3) is 33.2 Å². The molecule has 4 heteroatoms. The maximum atomic E-state index is 4.93. The number of rotatable bonds is 2. The van der Waals surface area contributed by atoms with Gasteiger partial charge >= 0.3 is 37.9 Å². The van der Waals surface area contributed by atoms with E-state index in [4.69, 9.17) is 17.0 Å². The molecule has 4 aromatic rings. The number of fused-ring (bicyclic) bond motifs is 1. The van der Waals surface area contributed by atoms with Crippen LogP contribution in [-0.2, 0) is 20.8 Å². The zero-order valence-corrected chi connectivity index (χ0v) is 16.8. The van der Waals surface area contributed by atoms with Crippen molar-refractivity contribution in [2.24, 2.45) is 0 Å². The number of hydrogen-bond donors (Lipinski definition) is 0. The predicted octanol–water partition coefficient (Wildman–Crippen LogP) is 6.66. The molecule has 0 radical (unpaired) electrons. The van der Waals surface area contributed by atoms with E-state index in [1.54, 1.807) is 0 Å². The fourth-order valence-corrected chi connectivity index (χ4v) is 2.78. The van der Waals surface area contributed by atoms with Crippen molar-refractivity contribution in [3.05, 3.63) is 85.1 Å². The Hall–Kier alpha value is -1.34. The van der Waals surface area contributed by atoms with Gasteiger partial charge in [-0.2, -0.15) is 0 Å². The predicted molar refractivity (Wildman–Crippen MR) is 99.9 cm³/mol. The Morgan fingerprint density at radius 3 is 2.29 bits per heavy atom. The van der Waals surface area contributed by atoms with Crippen molar-refractivity contribution in [3.63, 3.8) is 0 Å². The smallest absolute Gasteiger partial charge is 0.0627 e. The molecule has 4 rings (SSSR count). The van der Waals surface area contributed by atoms with Crippen molar-refractivity contribution in [1.82, 2.24) is 4.98 Å². The maximum absolute atomic E-state index is 4.93. The Morgan fingerprint density at radius 2 is 1.58 bits per heavy atom. The molecule has 0 bridgehead atoms. The molecule has 0 aliphatic heterocycles. The second-order valence-electron chi connectivity index (χ2n) is 5.20. The molecular formula is C20H14Cl2NZr-. The van der Waals surface area contributed by atoms with Crippen molar-refractivity contribution in [2.45, 2.75) is 0 Å². The minimum atomic E-state index is -0.826. The minimum absolute atomic E-state index is 0.826. The van der Waals surface area contributed by atoms with Crippen LogP contribution >= 0.6 is 17.0 Å². The molecular weight excluding hydrogens is 416 g/mol. The van der Waals surface area contributed by atoms with E-state index in [1.165, 1.54) is 27.5 Å². The number of aromatic nitrogens is 1. The Labute approximate surface area is 160 Å². The topological polar surface area (TPSA) is 12.9 Å². The molecule has 0 aliphatic carbocycles. The Balaban J connectivity index is 0.000000526. The van der Waals surface area contributed by atoms with Crippen LogP contribution in [0.3, 0.4) is 0 Å².